The lowest BCUT2D eigenvalue weighted by Crippen LogP contribution is -2.41. The van der Waals surface area contributed by atoms with Crippen molar-refractivity contribution in [3.63, 3.8) is 0 Å². The van der Waals surface area contributed by atoms with Crippen LogP contribution in [-0.4, -0.2) is 45.2 Å². The number of nitrogens with one attached hydrogen (secondary N) is 1. The molecule has 6 heteroatoms. The summed E-state index contributed by atoms with van der Waals surface area (Å²) in [5.74, 6) is -0.845. The van der Waals surface area contributed by atoms with Crippen LogP contribution in [0.1, 0.15) is 26.0 Å². The van der Waals surface area contributed by atoms with E-state index in [0.717, 1.165) is 5.69 Å². The van der Waals surface area contributed by atoms with E-state index in [9.17, 15) is 14.7 Å². The Kier molecular flexibility index (Phi) is 3.59. The first-order valence-corrected chi connectivity index (χ1v) is 6.45. The maximum Gasteiger partial charge on any atom is 0.311 e. The van der Waals surface area contributed by atoms with Gasteiger partial charge in [-0.05, 0) is 18.4 Å². The zero-order valence-electron chi connectivity index (χ0n) is 11.2. The molecular weight excluding hydrogens is 246 g/mol. The molecule has 6 nitrogen and oxygen atoms in total. The number of carboxylic acid groups (broad SMARTS) is 1. The van der Waals surface area contributed by atoms with Gasteiger partial charge in [0, 0.05) is 25.0 Å². The molecule has 1 aliphatic rings. The van der Waals surface area contributed by atoms with E-state index < -0.39 is 11.4 Å². The second-order valence-electron chi connectivity index (χ2n) is 5.44. The highest BCUT2D eigenvalue weighted by atomic mass is 16.4. The second-order valence-corrected chi connectivity index (χ2v) is 5.44. The van der Waals surface area contributed by atoms with Crippen LogP contribution in [0.4, 0.5) is 0 Å². The maximum atomic E-state index is 12.1. The number of H-pyrrole nitrogens is 1. The van der Waals surface area contributed by atoms with Gasteiger partial charge in [0.15, 0.2) is 0 Å². The summed E-state index contributed by atoms with van der Waals surface area (Å²) >= 11 is 0. The Morgan fingerprint density at radius 3 is 2.79 bits per heavy atom. The summed E-state index contributed by atoms with van der Waals surface area (Å²) in [6, 6.07) is 1.75. The lowest BCUT2D eigenvalue weighted by Gasteiger charge is -2.28. The average molecular weight is 265 g/mol. The number of aromatic nitrogens is 2. The molecule has 0 spiro atoms. The largest absolute Gasteiger partial charge is 0.481 e. The molecule has 1 aromatic rings. The standard InChI is InChI=1S/C13H19N3O3/c1-9(2)13(12(18)19)4-6-16(8-13)11(17)7-10-3-5-14-15-10/h3,5,9H,4,6-8H2,1-2H3,(H,14,15)(H,18,19). The number of carboxylic acids is 1. The van der Waals surface area contributed by atoms with Crippen LogP contribution in [0, 0.1) is 11.3 Å². The summed E-state index contributed by atoms with van der Waals surface area (Å²) in [5, 5.41) is 16.0. The van der Waals surface area contributed by atoms with E-state index in [-0.39, 0.29) is 18.2 Å². The number of likely N-dealkylation sites (tertiary alicyclic amines) is 1. The third-order valence-corrected chi connectivity index (χ3v) is 4.08. The Hall–Kier alpha value is -1.85. The van der Waals surface area contributed by atoms with E-state index >= 15 is 0 Å². The number of nitrogens with zero attached hydrogens (tertiary/aromatic N) is 2. The van der Waals surface area contributed by atoms with Gasteiger partial charge < -0.3 is 10.0 Å². The number of aromatic amines is 1. The van der Waals surface area contributed by atoms with Gasteiger partial charge in [-0.15, -0.1) is 0 Å². The Balaban J connectivity index is 2.05. The van der Waals surface area contributed by atoms with Gasteiger partial charge in [0.05, 0.1) is 11.8 Å². The molecule has 1 atom stereocenters. The SMILES string of the molecule is CC(C)C1(C(=O)O)CCN(C(=O)Cc2ccn[nH]2)C1. The number of aliphatic carboxylic acids is 1. The molecule has 1 amide bonds. The minimum absolute atomic E-state index is 0.00922. The number of carbonyl (C=O) groups excluding carboxylic acids is 1. The number of hydrogen-bond acceptors (Lipinski definition) is 3. The molecule has 1 unspecified atom stereocenters. The highest BCUT2D eigenvalue weighted by molar-refractivity contribution is 5.82. The van der Waals surface area contributed by atoms with Crippen molar-refractivity contribution in [3.8, 4) is 0 Å². The minimum atomic E-state index is -0.806. The number of rotatable bonds is 4. The summed E-state index contributed by atoms with van der Waals surface area (Å²) in [6.45, 7) is 4.61. The van der Waals surface area contributed by atoms with E-state index in [4.69, 9.17) is 0 Å². The number of amides is 1. The van der Waals surface area contributed by atoms with E-state index in [1.54, 1.807) is 17.2 Å². The molecule has 2 N–H and O–H groups in total. The first-order chi connectivity index (χ1) is 8.95. The van der Waals surface area contributed by atoms with Crippen LogP contribution < -0.4 is 0 Å². The number of hydrogen-bond donors (Lipinski definition) is 2. The first kappa shape index (κ1) is 13.6. The van der Waals surface area contributed by atoms with E-state index in [1.165, 1.54) is 0 Å². The van der Waals surface area contributed by atoms with Crippen LogP contribution in [0.2, 0.25) is 0 Å². The molecule has 0 aliphatic carbocycles. The fourth-order valence-corrected chi connectivity index (χ4v) is 2.60. The Morgan fingerprint density at radius 1 is 1.58 bits per heavy atom. The van der Waals surface area contributed by atoms with Crippen molar-refractivity contribution in [1.29, 1.82) is 0 Å². The zero-order valence-corrected chi connectivity index (χ0v) is 11.2. The highest BCUT2D eigenvalue weighted by Gasteiger charge is 2.48. The van der Waals surface area contributed by atoms with Crippen LogP contribution in [0.5, 0.6) is 0 Å². The molecule has 19 heavy (non-hydrogen) atoms. The van der Waals surface area contributed by atoms with E-state index in [2.05, 4.69) is 10.2 Å². The van der Waals surface area contributed by atoms with Crippen molar-refractivity contribution in [2.24, 2.45) is 11.3 Å². The van der Waals surface area contributed by atoms with Crippen molar-refractivity contribution in [3.05, 3.63) is 18.0 Å². The van der Waals surface area contributed by atoms with Gasteiger partial charge >= 0.3 is 5.97 Å². The number of carbonyl (C=O) groups is 2. The van der Waals surface area contributed by atoms with Crippen molar-refractivity contribution in [2.45, 2.75) is 26.7 Å². The fourth-order valence-electron chi connectivity index (χ4n) is 2.60. The van der Waals surface area contributed by atoms with Crippen molar-refractivity contribution < 1.29 is 14.7 Å². The lowest BCUT2D eigenvalue weighted by atomic mass is 9.76. The van der Waals surface area contributed by atoms with Crippen molar-refractivity contribution in [1.82, 2.24) is 15.1 Å². The maximum absolute atomic E-state index is 12.1. The summed E-state index contributed by atoms with van der Waals surface area (Å²) < 4.78 is 0. The van der Waals surface area contributed by atoms with Gasteiger partial charge in [-0.2, -0.15) is 5.10 Å². The Labute approximate surface area is 111 Å². The highest BCUT2D eigenvalue weighted by Crippen LogP contribution is 2.38. The molecule has 104 valence electrons. The summed E-state index contributed by atoms with van der Waals surface area (Å²) in [4.78, 5) is 25.3. The van der Waals surface area contributed by atoms with E-state index in [0.29, 0.717) is 19.5 Å². The van der Waals surface area contributed by atoms with Gasteiger partial charge in [0.2, 0.25) is 5.91 Å². The van der Waals surface area contributed by atoms with Gasteiger partial charge in [-0.1, -0.05) is 13.8 Å². The van der Waals surface area contributed by atoms with Crippen LogP contribution in [0.25, 0.3) is 0 Å². The van der Waals surface area contributed by atoms with Gasteiger partial charge in [-0.25, -0.2) is 0 Å². The topological polar surface area (TPSA) is 86.3 Å². The molecule has 1 fully saturated rings. The molecule has 1 saturated heterocycles. The van der Waals surface area contributed by atoms with Gasteiger partial charge in [0.1, 0.15) is 0 Å². The quantitative estimate of drug-likeness (QED) is 0.847. The first-order valence-electron chi connectivity index (χ1n) is 6.45. The molecule has 2 rings (SSSR count). The monoisotopic (exact) mass is 265 g/mol. The lowest BCUT2D eigenvalue weighted by molar-refractivity contribution is -0.151. The zero-order chi connectivity index (χ0) is 14.0. The summed E-state index contributed by atoms with van der Waals surface area (Å²) in [7, 11) is 0. The third kappa shape index (κ3) is 2.47. The van der Waals surface area contributed by atoms with Crippen LogP contribution >= 0.6 is 0 Å². The smallest absolute Gasteiger partial charge is 0.311 e. The van der Waals surface area contributed by atoms with Crippen LogP contribution in [0.3, 0.4) is 0 Å². The van der Waals surface area contributed by atoms with Crippen molar-refractivity contribution >= 4 is 11.9 Å². The molecule has 0 saturated carbocycles. The molecular formula is C13H19N3O3. The average Bonchev–Trinajstić information content (AvgIpc) is 2.97. The Bertz CT molecular complexity index is 469. The molecule has 0 aromatic carbocycles. The van der Waals surface area contributed by atoms with E-state index in [1.807, 2.05) is 13.8 Å². The molecule has 1 aliphatic heterocycles. The minimum Gasteiger partial charge on any atom is -0.481 e. The van der Waals surface area contributed by atoms with Crippen LogP contribution in [-0.2, 0) is 16.0 Å². The molecule has 0 bridgehead atoms. The summed E-state index contributed by atoms with van der Waals surface area (Å²) in [5.41, 5.74) is -0.0497. The van der Waals surface area contributed by atoms with Gasteiger partial charge in [-0.3, -0.25) is 14.7 Å². The summed E-state index contributed by atoms with van der Waals surface area (Å²) in [6.07, 6.45) is 2.37. The second kappa shape index (κ2) is 5.03. The van der Waals surface area contributed by atoms with Crippen molar-refractivity contribution in [2.75, 3.05) is 13.1 Å². The molecule has 1 aromatic heterocycles. The fraction of sp³-hybridized carbons (Fsp3) is 0.615. The molecule has 0 radical (unpaired) electrons. The third-order valence-electron chi connectivity index (χ3n) is 4.08. The predicted molar refractivity (Wildman–Crippen MR) is 68.4 cm³/mol. The van der Waals surface area contributed by atoms with Crippen LogP contribution in [0.15, 0.2) is 12.3 Å². The normalized spacial score (nSPS) is 23.0. The van der Waals surface area contributed by atoms with Gasteiger partial charge in [0.25, 0.3) is 0 Å². The molecule has 2 heterocycles. The Morgan fingerprint density at radius 2 is 2.32 bits per heavy atom. The predicted octanol–water partition coefficient (Wildman–Crippen LogP) is 0.911.